The molecule has 3 unspecified atom stereocenters. The van der Waals surface area contributed by atoms with Gasteiger partial charge in [0.1, 0.15) is 0 Å². The van der Waals surface area contributed by atoms with Gasteiger partial charge in [-0.1, -0.05) is 6.92 Å². The molecule has 0 aromatic heterocycles. The number of hydrogen-bond acceptors (Lipinski definition) is 4. The van der Waals surface area contributed by atoms with Crippen molar-refractivity contribution in [2.24, 2.45) is 0 Å². The summed E-state index contributed by atoms with van der Waals surface area (Å²) in [5.74, 6) is 0.110. The molecule has 0 aromatic carbocycles. The first kappa shape index (κ1) is 17.4. The number of amides is 1. The van der Waals surface area contributed by atoms with E-state index in [-0.39, 0.29) is 24.1 Å². The molecule has 1 amide bonds. The highest BCUT2D eigenvalue weighted by atomic mass is 16.3. The van der Waals surface area contributed by atoms with Gasteiger partial charge in [-0.3, -0.25) is 14.6 Å². The van der Waals surface area contributed by atoms with Gasteiger partial charge < -0.3 is 10.4 Å². The zero-order valence-corrected chi connectivity index (χ0v) is 13.6. The first-order valence-corrected chi connectivity index (χ1v) is 7.81. The molecule has 2 N–H and O–H groups in total. The maximum atomic E-state index is 12.1. The number of β-amino-alcohol motifs (C(OH)–C–C–N with tert-alkyl or cyclic N) is 1. The third-order valence-electron chi connectivity index (χ3n) is 3.96. The number of aliphatic hydroxyl groups is 1. The minimum absolute atomic E-state index is 0.0832. The maximum absolute atomic E-state index is 12.1. The molecule has 1 rings (SSSR count). The van der Waals surface area contributed by atoms with E-state index in [0.29, 0.717) is 6.04 Å². The van der Waals surface area contributed by atoms with Crippen LogP contribution in [0.3, 0.4) is 0 Å². The van der Waals surface area contributed by atoms with E-state index < -0.39 is 0 Å². The lowest BCUT2D eigenvalue weighted by Gasteiger charge is -2.43. The maximum Gasteiger partial charge on any atom is 0.237 e. The largest absolute Gasteiger partial charge is 0.392 e. The van der Waals surface area contributed by atoms with Crippen LogP contribution in [0.25, 0.3) is 0 Å². The van der Waals surface area contributed by atoms with Crippen molar-refractivity contribution in [3.63, 3.8) is 0 Å². The summed E-state index contributed by atoms with van der Waals surface area (Å²) >= 11 is 0. The Balaban J connectivity index is 2.57. The predicted octanol–water partition coefficient (Wildman–Crippen LogP) is 0.677. The number of nitrogens with zero attached hydrogens (tertiary/aromatic N) is 2. The van der Waals surface area contributed by atoms with Gasteiger partial charge >= 0.3 is 0 Å². The van der Waals surface area contributed by atoms with Crippen molar-refractivity contribution < 1.29 is 9.90 Å². The quantitative estimate of drug-likeness (QED) is 0.753. The fourth-order valence-electron chi connectivity index (χ4n) is 2.81. The fraction of sp³-hybridized carbons (Fsp3) is 0.933. The number of hydrogen-bond donors (Lipinski definition) is 2. The summed E-state index contributed by atoms with van der Waals surface area (Å²) in [5, 5.41) is 12.5. The van der Waals surface area contributed by atoms with Crippen LogP contribution in [0.2, 0.25) is 0 Å². The summed E-state index contributed by atoms with van der Waals surface area (Å²) in [6.07, 6.45) is 0.749. The van der Waals surface area contributed by atoms with Crippen molar-refractivity contribution in [3.05, 3.63) is 0 Å². The molecule has 0 bridgehead atoms. The van der Waals surface area contributed by atoms with E-state index >= 15 is 0 Å². The van der Waals surface area contributed by atoms with Crippen LogP contribution in [0.5, 0.6) is 0 Å². The second-order valence-corrected chi connectivity index (χ2v) is 6.24. The second kappa shape index (κ2) is 7.96. The Hall–Kier alpha value is -0.650. The van der Waals surface area contributed by atoms with E-state index in [9.17, 15) is 9.90 Å². The van der Waals surface area contributed by atoms with E-state index in [4.69, 9.17) is 0 Å². The number of rotatable bonds is 6. The fourth-order valence-corrected chi connectivity index (χ4v) is 2.81. The molecule has 5 heteroatoms. The van der Waals surface area contributed by atoms with Crippen LogP contribution in [0.15, 0.2) is 0 Å². The minimum atomic E-state index is -0.294. The van der Waals surface area contributed by atoms with Crippen LogP contribution in [0, 0.1) is 0 Å². The second-order valence-electron chi connectivity index (χ2n) is 6.24. The van der Waals surface area contributed by atoms with Crippen molar-refractivity contribution in [1.29, 1.82) is 0 Å². The van der Waals surface area contributed by atoms with Gasteiger partial charge in [-0.05, 0) is 34.1 Å². The highest BCUT2D eigenvalue weighted by Crippen LogP contribution is 2.15. The summed E-state index contributed by atoms with van der Waals surface area (Å²) in [5.41, 5.74) is 0. The topological polar surface area (TPSA) is 55.8 Å². The number of aliphatic hydroxyl groups excluding tert-OH is 1. The van der Waals surface area contributed by atoms with Crippen LogP contribution < -0.4 is 5.32 Å². The van der Waals surface area contributed by atoms with Gasteiger partial charge in [-0.25, -0.2) is 0 Å². The van der Waals surface area contributed by atoms with Gasteiger partial charge in [-0.2, -0.15) is 0 Å². The molecule has 0 aromatic rings. The zero-order chi connectivity index (χ0) is 15.3. The van der Waals surface area contributed by atoms with Gasteiger partial charge in [-0.15, -0.1) is 0 Å². The van der Waals surface area contributed by atoms with Crippen molar-refractivity contribution in [3.8, 4) is 0 Å². The van der Waals surface area contributed by atoms with E-state index in [1.165, 1.54) is 0 Å². The van der Waals surface area contributed by atoms with Gasteiger partial charge in [0, 0.05) is 38.3 Å². The standard InChI is InChI=1S/C15H31N3O2/c1-6-14-10-17(7-8-18(14)9-12(4)19)13(5)15(20)16-11(2)3/h11-14,19H,6-10H2,1-5H3,(H,16,20). The summed E-state index contributed by atoms with van der Waals surface area (Å²) < 4.78 is 0. The monoisotopic (exact) mass is 285 g/mol. The predicted molar refractivity (Wildman–Crippen MR) is 81.6 cm³/mol. The molecule has 118 valence electrons. The Morgan fingerprint density at radius 3 is 2.45 bits per heavy atom. The van der Waals surface area contributed by atoms with Crippen molar-refractivity contribution in [2.45, 2.75) is 65.3 Å². The van der Waals surface area contributed by atoms with Crippen LogP contribution in [-0.2, 0) is 4.79 Å². The molecule has 1 fully saturated rings. The highest BCUT2D eigenvalue weighted by molar-refractivity contribution is 5.81. The van der Waals surface area contributed by atoms with Crippen LogP contribution in [-0.4, -0.2) is 71.2 Å². The Morgan fingerprint density at radius 1 is 1.30 bits per heavy atom. The molecule has 1 saturated heterocycles. The molecule has 1 aliphatic rings. The Labute approximate surface area is 123 Å². The van der Waals surface area contributed by atoms with Crippen molar-refractivity contribution in [2.75, 3.05) is 26.2 Å². The first-order valence-electron chi connectivity index (χ1n) is 7.81. The van der Waals surface area contributed by atoms with E-state index in [1.54, 1.807) is 0 Å². The van der Waals surface area contributed by atoms with E-state index in [1.807, 2.05) is 27.7 Å². The summed E-state index contributed by atoms with van der Waals surface area (Å²) in [6, 6.07) is 0.524. The molecular formula is C15H31N3O2. The average Bonchev–Trinajstić information content (AvgIpc) is 2.36. The number of carbonyl (C=O) groups excluding carboxylic acids is 1. The lowest BCUT2D eigenvalue weighted by Crippen LogP contribution is -2.59. The molecule has 0 radical (unpaired) electrons. The number of carbonyl (C=O) groups is 1. The van der Waals surface area contributed by atoms with Crippen LogP contribution >= 0.6 is 0 Å². The third kappa shape index (κ3) is 5.04. The van der Waals surface area contributed by atoms with E-state index in [0.717, 1.165) is 32.6 Å². The van der Waals surface area contributed by atoms with Gasteiger partial charge in [0.25, 0.3) is 0 Å². The molecule has 1 aliphatic heterocycles. The molecular weight excluding hydrogens is 254 g/mol. The highest BCUT2D eigenvalue weighted by Gasteiger charge is 2.31. The van der Waals surface area contributed by atoms with Crippen molar-refractivity contribution in [1.82, 2.24) is 15.1 Å². The lowest BCUT2D eigenvalue weighted by molar-refractivity contribution is -0.127. The molecule has 3 atom stereocenters. The lowest BCUT2D eigenvalue weighted by atomic mass is 10.1. The SMILES string of the molecule is CCC1CN(C(C)C(=O)NC(C)C)CCN1CC(C)O. The Morgan fingerprint density at radius 2 is 1.95 bits per heavy atom. The molecule has 5 nitrogen and oxygen atoms in total. The summed E-state index contributed by atoms with van der Waals surface area (Å²) in [7, 11) is 0. The normalized spacial score (nSPS) is 24.6. The smallest absolute Gasteiger partial charge is 0.237 e. The first-order chi connectivity index (χ1) is 9.35. The molecule has 1 heterocycles. The number of piperazine rings is 1. The number of nitrogens with one attached hydrogen (secondary N) is 1. The summed E-state index contributed by atoms with van der Waals surface area (Å²) in [6.45, 7) is 13.4. The molecule has 0 aliphatic carbocycles. The van der Waals surface area contributed by atoms with Crippen LogP contribution in [0.4, 0.5) is 0 Å². The summed E-state index contributed by atoms with van der Waals surface area (Å²) in [4.78, 5) is 16.7. The molecule has 0 saturated carbocycles. The molecule has 20 heavy (non-hydrogen) atoms. The van der Waals surface area contributed by atoms with Crippen molar-refractivity contribution >= 4 is 5.91 Å². The Bertz CT molecular complexity index is 307. The Kier molecular flexibility index (Phi) is 6.92. The van der Waals surface area contributed by atoms with Crippen LogP contribution in [0.1, 0.15) is 41.0 Å². The van der Waals surface area contributed by atoms with E-state index in [2.05, 4.69) is 22.0 Å². The average molecular weight is 285 g/mol. The van der Waals surface area contributed by atoms with Gasteiger partial charge in [0.05, 0.1) is 12.1 Å². The molecule has 0 spiro atoms. The zero-order valence-electron chi connectivity index (χ0n) is 13.6. The van der Waals surface area contributed by atoms with Gasteiger partial charge in [0.2, 0.25) is 5.91 Å². The third-order valence-corrected chi connectivity index (χ3v) is 3.96. The van der Waals surface area contributed by atoms with Gasteiger partial charge in [0.15, 0.2) is 0 Å². The minimum Gasteiger partial charge on any atom is -0.392 e.